The average molecular weight is 209 g/mol. The molecule has 0 saturated heterocycles. The van der Waals surface area contributed by atoms with Gasteiger partial charge in [-0.15, -0.1) is 0 Å². The van der Waals surface area contributed by atoms with Crippen molar-refractivity contribution in [3.05, 3.63) is 11.2 Å². The van der Waals surface area contributed by atoms with Gasteiger partial charge in [0.2, 0.25) is 0 Å². The monoisotopic (exact) mass is 209 g/mol. The van der Waals surface area contributed by atoms with Crippen molar-refractivity contribution in [1.82, 2.24) is 4.98 Å². The van der Waals surface area contributed by atoms with Crippen LogP contribution in [0.2, 0.25) is 0 Å². The Balaban J connectivity index is 2.92. The highest BCUT2D eigenvalue weighted by molar-refractivity contribution is 8.25. The molecule has 1 rings (SSSR count). The second-order valence-electron chi connectivity index (χ2n) is 2.53. The van der Waals surface area contributed by atoms with Gasteiger partial charge in [0, 0.05) is 6.26 Å². The van der Waals surface area contributed by atoms with Crippen LogP contribution >= 0.6 is 21.9 Å². The Morgan fingerprint density at radius 2 is 2.17 bits per heavy atom. The maximum Gasteiger partial charge on any atom is 0.131 e. The van der Waals surface area contributed by atoms with E-state index in [-0.39, 0.29) is 0 Å². The van der Waals surface area contributed by atoms with Gasteiger partial charge in [-0.2, -0.15) is 10.6 Å². The fourth-order valence-electron chi connectivity index (χ4n) is 0.644. The Morgan fingerprint density at radius 3 is 2.42 bits per heavy atom. The summed E-state index contributed by atoms with van der Waals surface area (Å²) in [5.74, 6) is 0. The zero-order valence-electron chi connectivity index (χ0n) is 6.76. The second kappa shape index (κ2) is 3.31. The lowest BCUT2D eigenvalue weighted by molar-refractivity contribution is 0.199. The lowest BCUT2D eigenvalue weighted by Gasteiger charge is -2.23. The van der Waals surface area contributed by atoms with Crippen molar-refractivity contribution in [2.24, 2.45) is 0 Å². The summed E-state index contributed by atoms with van der Waals surface area (Å²) in [5, 5.41) is 9.60. The number of thiazole rings is 1. The molecule has 1 heterocycles. The Kier molecular flexibility index (Phi) is 2.74. The molecule has 4 nitrogen and oxygen atoms in total. The average Bonchev–Trinajstić information content (AvgIpc) is 2.30. The minimum atomic E-state index is -2.67. The molecule has 0 aromatic carbocycles. The number of rotatable bonds is 2. The first-order chi connectivity index (χ1) is 5.41. The Morgan fingerprint density at radius 1 is 1.58 bits per heavy atom. The van der Waals surface area contributed by atoms with Crippen LogP contribution in [0.3, 0.4) is 0 Å². The van der Waals surface area contributed by atoms with Gasteiger partial charge in [0.05, 0.1) is 6.20 Å². The van der Waals surface area contributed by atoms with Crippen LogP contribution in [0.15, 0.2) is 10.4 Å². The smallest absolute Gasteiger partial charge is 0.131 e. The van der Waals surface area contributed by atoms with Crippen LogP contribution in [-0.4, -0.2) is 25.5 Å². The van der Waals surface area contributed by atoms with E-state index in [4.69, 9.17) is 5.11 Å². The standard InChI is InChI=1S/C6H11NO3S2/c1-4(8)6-7-3-5(11-6)12(2,9)10/h3-4,8-10H,1-2H3. The van der Waals surface area contributed by atoms with Gasteiger partial charge in [0.25, 0.3) is 0 Å². The molecule has 1 aromatic heterocycles. The van der Waals surface area contributed by atoms with E-state index >= 15 is 0 Å². The van der Waals surface area contributed by atoms with Gasteiger partial charge in [0.1, 0.15) is 15.3 Å². The number of aromatic nitrogens is 1. The van der Waals surface area contributed by atoms with Crippen molar-refractivity contribution in [3.8, 4) is 0 Å². The van der Waals surface area contributed by atoms with Gasteiger partial charge in [-0.05, 0) is 6.92 Å². The third-order valence-electron chi connectivity index (χ3n) is 1.24. The molecule has 6 heteroatoms. The molecule has 1 aromatic rings. The molecule has 1 unspecified atom stereocenters. The van der Waals surface area contributed by atoms with Gasteiger partial charge in [-0.3, -0.25) is 9.11 Å². The molecule has 0 radical (unpaired) electrons. The molecule has 0 aliphatic rings. The summed E-state index contributed by atoms with van der Waals surface area (Å²) in [6.45, 7) is 1.59. The van der Waals surface area contributed by atoms with Gasteiger partial charge < -0.3 is 5.11 Å². The molecule has 3 N–H and O–H groups in total. The SMILES string of the molecule is CC(O)c1ncc(S(C)(O)O)s1. The lowest BCUT2D eigenvalue weighted by Crippen LogP contribution is -1.90. The topological polar surface area (TPSA) is 73.6 Å². The van der Waals surface area contributed by atoms with Crippen molar-refractivity contribution >= 4 is 21.9 Å². The Labute approximate surface area is 76.2 Å². The maximum atomic E-state index is 9.21. The highest BCUT2D eigenvalue weighted by Gasteiger charge is 2.14. The molecule has 0 spiro atoms. The van der Waals surface area contributed by atoms with E-state index in [9.17, 15) is 9.11 Å². The summed E-state index contributed by atoms with van der Waals surface area (Å²) in [4.78, 5) is 3.85. The highest BCUT2D eigenvalue weighted by Crippen LogP contribution is 2.47. The largest absolute Gasteiger partial charge is 0.386 e. The van der Waals surface area contributed by atoms with Gasteiger partial charge >= 0.3 is 0 Å². The van der Waals surface area contributed by atoms with E-state index in [2.05, 4.69) is 4.98 Å². The third kappa shape index (κ3) is 2.18. The maximum absolute atomic E-state index is 9.21. The fourth-order valence-corrected chi connectivity index (χ4v) is 2.37. The van der Waals surface area contributed by atoms with E-state index in [1.807, 2.05) is 0 Å². The molecule has 0 saturated carbocycles. The highest BCUT2D eigenvalue weighted by atomic mass is 32.3. The van der Waals surface area contributed by atoms with Gasteiger partial charge in [-0.25, -0.2) is 4.98 Å². The van der Waals surface area contributed by atoms with Crippen molar-refractivity contribution < 1.29 is 14.2 Å². The van der Waals surface area contributed by atoms with Crippen LogP contribution in [0, 0.1) is 0 Å². The molecule has 0 aliphatic carbocycles. The summed E-state index contributed by atoms with van der Waals surface area (Å²) in [6.07, 6.45) is 2.08. The number of aliphatic hydroxyl groups is 1. The molecular formula is C6H11NO3S2. The Bertz CT molecular complexity index is 266. The van der Waals surface area contributed by atoms with Crippen LogP contribution < -0.4 is 0 Å². The lowest BCUT2D eigenvalue weighted by atomic mass is 10.4. The third-order valence-corrected chi connectivity index (χ3v) is 4.27. The van der Waals surface area contributed by atoms with Crippen molar-refractivity contribution in [1.29, 1.82) is 0 Å². The van der Waals surface area contributed by atoms with E-state index in [1.165, 1.54) is 12.5 Å². The van der Waals surface area contributed by atoms with Crippen molar-refractivity contribution in [3.63, 3.8) is 0 Å². The number of hydrogen-bond donors (Lipinski definition) is 3. The minimum Gasteiger partial charge on any atom is -0.386 e. The zero-order valence-corrected chi connectivity index (χ0v) is 8.39. The van der Waals surface area contributed by atoms with Crippen LogP contribution in [0.4, 0.5) is 0 Å². The minimum absolute atomic E-state index is 0.415. The van der Waals surface area contributed by atoms with Crippen LogP contribution in [0.5, 0.6) is 0 Å². The first-order valence-electron chi connectivity index (χ1n) is 3.28. The molecule has 70 valence electrons. The molecule has 0 amide bonds. The van der Waals surface area contributed by atoms with Gasteiger partial charge in [0.15, 0.2) is 0 Å². The van der Waals surface area contributed by atoms with Crippen LogP contribution in [0.25, 0.3) is 0 Å². The number of nitrogens with zero attached hydrogens (tertiary/aromatic N) is 1. The first kappa shape index (κ1) is 9.94. The summed E-state index contributed by atoms with van der Waals surface area (Å²) in [5.41, 5.74) is 0. The molecule has 0 aliphatic heterocycles. The van der Waals surface area contributed by atoms with Crippen LogP contribution in [-0.2, 0) is 0 Å². The Hall–Kier alpha value is -0.140. The van der Waals surface area contributed by atoms with E-state index in [0.717, 1.165) is 11.3 Å². The molecular weight excluding hydrogens is 198 g/mol. The van der Waals surface area contributed by atoms with Gasteiger partial charge in [-0.1, -0.05) is 11.3 Å². The van der Waals surface area contributed by atoms with Crippen LogP contribution in [0.1, 0.15) is 18.0 Å². The van der Waals surface area contributed by atoms with E-state index < -0.39 is 16.7 Å². The predicted molar refractivity (Wildman–Crippen MR) is 49.8 cm³/mol. The molecule has 0 fully saturated rings. The van der Waals surface area contributed by atoms with E-state index in [1.54, 1.807) is 6.92 Å². The second-order valence-corrected chi connectivity index (χ2v) is 5.95. The first-order valence-corrected chi connectivity index (χ1v) is 6.05. The number of aliphatic hydroxyl groups excluding tert-OH is 1. The number of hydrogen-bond acceptors (Lipinski definition) is 5. The van der Waals surface area contributed by atoms with Crippen molar-refractivity contribution in [2.45, 2.75) is 17.2 Å². The van der Waals surface area contributed by atoms with E-state index in [0.29, 0.717) is 9.22 Å². The summed E-state index contributed by atoms with van der Waals surface area (Å²) < 4.78 is 18.8. The quantitative estimate of drug-likeness (QED) is 0.696. The zero-order chi connectivity index (χ0) is 9.35. The summed E-state index contributed by atoms with van der Waals surface area (Å²) >= 11 is 1.12. The molecule has 12 heavy (non-hydrogen) atoms. The summed E-state index contributed by atoms with van der Waals surface area (Å²) in [7, 11) is -2.67. The fraction of sp³-hybridized carbons (Fsp3) is 0.500. The predicted octanol–water partition coefficient (Wildman–Crippen LogP) is 1.94. The molecule has 0 bridgehead atoms. The van der Waals surface area contributed by atoms with Crippen molar-refractivity contribution in [2.75, 3.05) is 6.26 Å². The molecule has 1 atom stereocenters. The summed E-state index contributed by atoms with van der Waals surface area (Å²) in [6, 6.07) is 0. The normalized spacial score (nSPS) is 16.1.